The zero-order chi connectivity index (χ0) is 28.7. The number of carbonyl (C=O) groups is 2. The number of benzene rings is 3. The van der Waals surface area contributed by atoms with Crippen LogP contribution in [-0.4, -0.2) is 50.9 Å². The Morgan fingerprint density at radius 1 is 0.923 bits per heavy atom. The molecule has 0 fully saturated rings. The van der Waals surface area contributed by atoms with Crippen molar-refractivity contribution in [3.05, 3.63) is 88.4 Å². The average molecular weight is 593 g/mol. The average Bonchev–Trinajstić information content (AvgIpc) is 2.90. The smallest absolute Gasteiger partial charge is 0.264 e. The third kappa shape index (κ3) is 7.88. The lowest BCUT2D eigenvalue weighted by Crippen LogP contribution is -2.52. The quantitative estimate of drug-likeness (QED) is 0.333. The van der Waals surface area contributed by atoms with Crippen molar-refractivity contribution in [2.45, 2.75) is 44.3 Å². The highest BCUT2D eigenvalue weighted by molar-refractivity contribution is 7.92. The molecule has 0 spiro atoms. The summed E-state index contributed by atoms with van der Waals surface area (Å²) in [7, 11) is -2.66. The van der Waals surface area contributed by atoms with Gasteiger partial charge in [0.2, 0.25) is 11.8 Å². The van der Waals surface area contributed by atoms with E-state index in [1.807, 2.05) is 13.8 Å². The summed E-state index contributed by atoms with van der Waals surface area (Å²) in [5.74, 6) is -0.292. The fraction of sp³-hybridized carbons (Fsp3) is 0.286. The fourth-order valence-electron chi connectivity index (χ4n) is 3.81. The minimum absolute atomic E-state index is 0.0491. The van der Waals surface area contributed by atoms with Crippen molar-refractivity contribution in [1.29, 1.82) is 0 Å². The maximum atomic E-state index is 13.9. The second kappa shape index (κ2) is 13.2. The Labute approximate surface area is 239 Å². The highest BCUT2D eigenvalue weighted by Gasteiger charge is 2.32. The van der Waals surface area contributed by atoms with Crippen LogP contribution < -0.4 is 14.4 Å². The number of hydrogen-bond acceptors (Lipinski definition) is 5. The molecule has 3 aromatic carbocycles. The van der Waals surface area contributed by atoms with E-state index in [9.17, 15) is 18.0 Å². The van der Waals surface area contributed by atoms with E-state index < -0.39 is 28.5 Å². The van der Waals surface area contributed by atoms with Crippen LogP contribution in [0, 0.1) is 0 Å². The third-order valence-electron chi connectivity index (χ3n) is 5.89. The van der Waals surface area contributed by atoms with E-state index in [4.69, 9.17) is 27.9 Å². The number of sulfonamides is 1. The highest BCUT2D eigenvalue weighted by atomic mass is 35.5. The van der Waals surface area contributed by atoms with E-state index in [0.717, 1.165) is 9.87 Å². The first-order chi connectivity index (χ1) is 18.4. The fourth-order valence-corrected chi connectivity index (χ4v) is 5.53. The number of anilines is 1. The molecule has 0 saturated carbocycles. The Morgan fingerprint density at radius 3 is 2.13 bits per heavy atom. The molecule has 0 aromatic heterocycles. The molecular formula is C28H31Cl2N3O5S. The van der Waals surface area contributed by atoms with Crippen LogP contribution in [0.15, 0.2) is 77.7 Å². The minimum Gasteiger partial charge on any atom is -0.497 e. The Morgan fingerprint density at radius 2 is 1.56 bits per heavy atom. The Bertz CT molecular complexity index is 1400. The molecule has 1 atom stereocenters. The largest absolute Gasteiger partial charge is 0.497 e. The maximum absolute atomic E-state index is 13.9. The van der Waals surface area contributed by atoms with Gasteiger partial charge in [0.25, 0.3) is 10.0 Å². The monoisotopic (exact) mass is 591 g/mol. The first-order valence-electron chi connectivity index (χ1n) is 12.2. The van der Waals surface area contributed by atoms with E-state index in [1.165, 1.54) is 35.2 Å². The molecule has 8 nitrogen and oxygen atoms in total. The summed E-state index contributed by atoms with van der Waals surface area (Å²) in [6.07, 6.45) is 0. The van der Waals surface area contributed by atoms with Gasteiger partial charge in [-0.1, -0.05) is 41.4 Å². The van der Waals surface area contributed by atoms with Gasteiger partial charge in [-0.2, -0.15) is 0 Å². The van der Waals surface area contributed by atoms with Crippen LogP contribution in [0.25, 0.3) is 0 Å². The van der Waals surface area contributed by atoms with Crippen molar-refractivity contribution in [1.82, 2.24) is 10.2 Å². The number of nitrogens with zero attached hydrogens (tertiary/aromatic N) is 2. The molecule has 0 aliphatic heterocycles. The van der Waals surface area contributed by atoms with Gasteiger partial charge in [-0.25, -0.2) is 8.42 Å². The first-order valence-corrected chi connectivity index (χ1v) is 14.4. The molecular weight excluding hydrogens is 561 g/mol. The molecule has 3 rings (SSSR count). The van der Waals surface area contributed by atoms with E-state index >= 15 is 0 Å². The maximum Gasteiger partial charge on any atom is 0.264 e. The summed E-state index contributed by atoms with van der Waals surface area (Å²) < 4.78 is 33.7. The SMILES string of the molecule is COc1ccc(CN(C(=O)CN(c2cccc(Cl)c2)S(=O)(=O)c2ccc(Cl)cc2)[C@@H](C)C(=O)NC(C)C)cc1. The van der Waals surface area contributed by atoms with Crippen LogP contribution in [0.3, 0.4) is 0 Å². The van der Waals surface area contributed by atoms with Crippen LogP contribution >= 0.6 is 23.2 Å². The highest BCUT2D eigenvalue weighted by Crippen LogP contribution is 2.27. The zero-order valence-electron chi connectivity index (χ0n) is 22.1. The van der Waals surface area contributed by atoms with Crippen LogP contribution in [-0.2, 0) is 26.2 Å². The van der Waals surface area contributed by atoms with Crippen molar-refractivity contribution in [2.75, 3.05) is 18.0 Å². The summed E-state index contributed by atoms with van der Waals surface area (Å²) in [5, 5.41) is 3.49. The van der Waals surface area contributed by atoms with Crippen LogP contribution in [0.1, 0.15) is 26.3 Å². The van der Waals surface area contributed by atoms with Crippen LogP contribution in [0.5, 0.6) is 5.75 Å². The number of ether oxygens (including phenoxy) is 1. The summed E-state index contributed by atoms with van der Waals surface area (Å²) in [6, 6.07) is 17.9. The summed E-state index contributed by atoms with van der Waals surface area (Å²) in [6.45, 7) is 4.75. The Balaban J connectivity index is 2.02. The van der Waals surface area contributed by atoms with Gasteiger partial charge < -0.3 is 15.0 Å². The Hall–Kier alpha value is -3.27. The molecule has 39 heavy (non-hydrogen) atoms. The topological polar surface area (TPSA) is 96.0 Å². The predicted molar refractivity (Wildman–Crippen MR) is 154 cm³/mol. The molecule has 0 aliphatic rings. The lowest BCUT2D eigenvalue weighted by atomic mass is 10.1. The number of halogens is 2. The van der Waals surface area contributed by atoms with Gasteiger partial charge >= 0.3 is 0 Å². The molecule has 0 radical (unpaired) electrons. The summed E-state index contributed by atoms with van der Waals surface area (Å²) in [5.41, 5.74) is 0.942. The van der Waals surface area contributed by atoms with E-state index in [0.29, 0.717) is 15.8 Å². The van der Waals surface area contributed by atoms with Crippen LogP contribution in [0.2, 0.25) is 10.0 Å². The van der Waals surface area contributed by atoms with Crippen LogP contribution in [0.4, 0.5) is 5.69 Å². The van der Waals surface area contributed by atoms with E-state index in [-0.39, 0.29) is 29.1 Å². The van der Waals surface area contributed by atoms with Gasteiger partial charge in [-0.15, -0.1) is 0 Å². The van der Waals surface area contributed by atoms with Gasteiger partial charge in [-0.05, 0) is 80.9 Å². The third-order valence-corrected chi connectivity index (χ3v) is 8.16. The minimum atomic E-state index is -4.21. The normalized spacial score (nSPS) is 12.1. The zero-order valence-corrected chi connectivity index (χ0v) is 24.4. The van der Waals surface area contributed by atoms with E-state index in [1.54, 1.807) is 56.5 Å². The van der Waals surface area contributed by atoms with Crippen molar-refractivity contribution in [3.8, 4) is 5.75 Å². The first kappa shape index (κ1) is 30.3. The number of methoxy groups -OCH3 is 1. The van der Waals surface area contributed by atoms with Crippen molar-refractivity contribution >= 4 is 50.7 Å². The molecule has 3 aromatic rings. The molecule has 208 valence electrons. The summed E-state index contributed by atoms with van der Waals surface area (Å²) in [4.78, 5) is 28.1. The van der Waals surface area contributed by atoms with Crippen molar-refractivity contribution in [2.24, 2.45) is 0 Å². The molecule has 0 unspecified atom stereocenters. The second-order valence-electron chi connectivity index (χ2n) is 9.15. The number of rotatable bonds is 11. The molecule has 0 heterocycles. The molecule has 0 aliphatic carbocycles. The van der Waals surface area contributed by atoms with Crippen molar-refractivity contribution < 1.29 is 22.7 Å². The number of nitrogens with one attached hydrogen (secondary N) is 1. The predicted octanol–water partition coefficient (Wildman–Crippen LogP) is 5.14. The lowest BCUT2D eigenvalue weighted by Gasteiger charge is -2.32. The number of amides is 2. The molecule has 11 heteroatoms. The molecule has 0 bridgehead atoms. The van der Waals surface area contributed by atoms with Gasteiger partial charge in [0.1, 0.15) is 18.3 Å². The molecule has 1 N–H and O–H groups in total. The van der Waals surface area contributed by atoms with Gasteiger partial charge in [0.05, 0.1) is 17.7 Å². The van der Waals surface area contributed by atoms with E-state index in [2.05, 4.69) is 5.32 Å². The summed E-state index contributed by atoms with van der Waals surface area (Å²) >= 11 is 12.1. The lowest BCUT2D eigenvalue weighted by molar-refractivity contribution is -0.139. The standard InChI is InChI=1S/C28H31Cl2N3O5S/c1-19(2)31-28(35)20(3)32(17-21-8-12-25(38-4)13-9-21)27(34)18-33(24-7-5-6-23(30)16-24)39(36,37)26-14-10-22(29)11-15-26/h5-16,19-20H,17-18H2,1-4H3,(H,31,35)/t20-/m0/s1. The van der Waals surface area contributed by atoms with Crippen molar-refractivity contribution in [3.63, 3.8) is 0 Å². The second-order valence-corrected chi connectivity index (χ2v) is 11.9. The van der Waals surface area contributed by atoms with Gasteiger partial charge in [0.15, 0.2) is 0 Å². The van der Waals surface area contributed by atoms with Gasteiger partial charge in [-0.3, -0.25) is 13.9 Å². The number of hydrogen-bond donors (Lipinski definition) is 1. The molecule has 0 saturated heterocycles. The molecule has 2 amide bonds. The Kier molecular flexibility index (Phi) is 10.2. The number of carbonyl (C=O) groups excluding carboxylic acids is 2. The van der Waals surface area contributed by atoms with Gasteiger partial charge in [0, 0.05) is 22.6 Å².